The summed E-state index contributed by atoms with van der Waals surface area (Å²) in [4.78, 5) is 5.73. The fraction of sp³-hybridized carbons (Fsp3) is 0.267. The average molecular weight is 269 g/mol. The number of benzene rings is 1. The molecule has 0 radical (unpaired) electrons. The predicted molar refractivity (Wildman–Crippen MR) is 78.4 cm³/mol. The first-order valence-electron chi connectivity index (χ1n) is 6.63. The minimum Gasteiger partial charge on any atom is -0.325 e. The van der Waals surface area contributed by atoms with Gasteiger partial charge >= 0.3 is 0 Å². The van der Waals surface area contributed by atoms with Gasteiger partial charge in [0, 0.05) is 29.4 Å². The summed E-state index contributed by atoms with van der Waals surface area (Å²) in [6.45, 7) is 0.556. The zero-order valence-electron chi connectivity index (χ0n) is 10.6. The van der Waals surface area contributed by atoms with Gasteiger partial charge in [0.2, 0.25) is 0 Å². The summed E-state index contributed by atoms with van der Waals surface area (Å²) in [6, 6.07) is 6.75. The van der Waals surface area contributed by atoms with Crippen LogP contribution in [0.1, 0.15) is 23.2 Å². The Morgan fingerprint density at radius 3 is 3.05 bits per heavy atom. The molecule has 3 aromatic rings. The van der Waals surface area contributed by atoms with Crippen molar-refractivity contribution in [1.29, 1.82) is 0 Å². The highest BCUT2D eigenvalue weighted by atomic mass is 32.1. The number of nitrogens with zero attached hydrogens (tertiary/aromatic N) is 2. The van der Waals surface area contributed by atoms with Crippen LogP contribution in [0.3, 0.4) is 0 Å². The van der Waals surface area contributed by atoms with Crippen LogP contribution in [-0.4, -0.2) is 9.38 Å². The molecule has 19 heavy (non-hydrogen) atoms. The van der Waals surface area contributed by atoms with Crippen LogP contribution in [0.2, 0.25) is 0 Å². The van der Waals surface area contributed by atoms with Gasteiger partial charge in [0.1, 0.15) is 0 Å². The van der Waals surface area contributed by atoms with Crippen molar-refractivity contribution in [2.24, 2.45) is 5.73 Å². The van der Waals surface area contributed by atoms with Crippen LogP contribution in [-0.2, 0) is 19.4 Å². The Morgan fingerprint density at radius 1 is 1.26 bits per heavy atom. The molecule has 0 unspecified atom stereocenters. The third-order valence-electron chi connectivity index (χ3n) is 3.89. The predicted octanol–water partition coefficient (Wildman–Crippen LogP) is 3.01. The van der Waals surface area contributed by atoms with Gasteiger partial charge in [-0.1, -0.05) is 12.1 Å². The monoisotopic (exact) mass is 269 g/mol. The van der Waals surface area contributed by atoms with Crippen molar-refractivity contribution in [2.75, 3.05) is 0 Å². The van der Waals surface area contributed by atoms with Gasteiger partial charge in [-0.05, 0) is 36.5 Å². The number of hydrogen-bond donors (Lipinski definition) is 1. The van der Waals surface area contributed by atoms with E-state index in [0.717, 1.165) is 16.3 Å². The SMILES string of the molecule is NCc1csc2nc(-c3ccc4c(c3)CCC4)cn12. The molecule has 2 aromatic heterocycles. The Balaban J connectivity index is 1.83. The number of aryl methyl sites for hydroxylation is 2. The Morgan fingerprint density at radius 2 is 2.16 bits per heavy atom. The molecule has 0 saturated heterocycles. The van der Waals surface area contributed by atoms with E-state index in [4.69, 9.17) is 10.7 Å². The summed E-state index contributed by atoms with van der Waals surface area (Å²) in [5, 5.41) is 2.08. The summed E-state index contributed by atoms with van der Waals surface area (Å²) in [5.74, 6) is 0. The maximum atomic E-state index is 5.74. The molecule has 0 fully saturated rings. The lowest BCUT2D eigenvalue weighted by Crippen LogP contribution is -1.98. The van der Waals surface area contributed by atoms with Crippen LogP contribution < -0.4 is 5.73 Å². The van der Waals surface area contributed by atoms with Gasteiger partial charge in [-0.2, -0.15) is 0 Å². The van der Waals surface area contributed by atoms with E-state index in [1.165, 1.54) is 36.0 Å². The lowest BCUT2D eigenvalue weighted by atomic mass is 10.0. The molecule has 0 bridgehead atoms. The Hall–Kier alpha value is -1.65. The highest BCUT2D eigenvalue weighted by Gasteiger charge is 2.13. The molecule has 96 valence electrons. The topological polar surface area (TPSA) is 43.3 Å². The van der Waals surface area contributed by atoms with Crippen LogP contribution >= 0.6 is 11.3 Å². The van der Waals surface area contributed by atoms with Gasteiger partial charge in [0.15, 0.2) is 4.96 Å². The Labute approximate surface area is 115 Å². The quantitative estimate of drug-likeness (QED) is 0.777. The molecule has 1 aromatic carbocycles. The maximum absolute atomic E-state index is 5.74. The molecular weight excluding hydrogens is 254 g/mol. The molecule has 4 rings (SSSR count). The van der Waals surface area contributed by atoms with Gasteiger partial charge in [-0.15, -0.1) is 11.3 Å². The van der Waals surface area contributed by atoms with Gasteiger partial charge in [-0.3, -0.25) is 4.40 Å². The van der Waals surface area contributed by atoms with Crippen LogP contribution in [0, 0.1) is 0 Å². The van der Waals surface area contributed by atoms with Gasteiger partial charge in [-0.25, -0.2) is 4.98 Å². The fourth-order valence-corrected chi connectivity index (χ4v) is 3.73. The van der Waals surface area contributed by atoms with E-state index in [0.29, 0.717) is 6.54 Å². The summed E-state index contributed by atoms with van der Waals surface area (Å²) >= 11 is 1.65. The first-order valence-corrected chi connectivity index (χ1v) is 7.51. The third-order valence-corrected chi connectivity index (χ3v) is 4.78. The van der Waals surface area contributed by atoms with E-state index < -0.39 is 0 Å². The minimum atomic E-state index is 0.556. The molecule has 0 atom stereocenters. The molecule has 1 aliphatic rings. The first-order chi connectivity index (χ1) is 9.35. The van der Waals surface area contributed by atoms with Gasteiger partial charge in [0.05, 0.1) is 5.69 Å². The largest absolute Gasteiger partial charge is 0.325 e. The van der Waals surface area contributed by atoms with Crippen molar-refractivity contribution in [2.45, 2.75) is 25.8 Å². The maximum Gasteiger partial charge on any atom is 0.194 e. The van der Waals surface area contributed by atoms with E-state index in [2.05, 4.69) is 34.2 Å². The minimum absolute atomic E-state index is 0.556. The number of imidazole rings is 1. The molecule has 4 heteroatoms. The second-order valence-electron chi connectivity index (χ2n) is 5.05. The zero-order chi connectivity index (χ0) is 12.8. The second kappa shape index (κ2) is 4.18. The highest BCUT2D eigenvalue weighted by Crippen LogP contribution is 2.29. The second-order valence-corrected chi connectivity index (χ2v) is 5.88. The number of hydrogen-bond acceptors (Lipinski definition) is 3. The van der Waals surface area contributed by atoms with E-state index in [-0.39, 0.29) is 0 Å². The molecule has 0 aliphatic heterocycles. The summed E-state index contributed by atoms with van der Waals surface area (Å²) in [6.07, 6.45) is 5.82. The van der Waals surface area contributed by atoms with Crippen molar-refractivity contribution < 1.29 is 0 Å². The summed E-state index contributed by atoms with van der Waals surface area (Å²) in [5.41, 5.74) is 12.1. The molecule has 0 spiro atoms. The number of aromatic nitrogens is 2. The standard InChI is InChI=1S/C15H15N3S/c16-7-13-9-19-15-17-14(8-18(13)15)12-5-4-10-2-1-3-11(10)6-12/h4-6,8-9H,1-3,7,16H2. The van der Waals surface area contributed by atoms with Crippen molar-refractivity contribution in [3.8, 4) is 11.3 Å². The number of nitrogens with two attached hydrogens (primary N) is 1. The van der Waals surface area contributed by atoms with Crippen LogP contribution in [0.5, 0.6) is 0 Å². The third kappa shape index (κ3) is 1.71. The smallest absolute Gasteiger partial charge is 0.194 e. The van der Waals surface area contributed by atoms with Crippen LogP contribution in [0.4, 0.5) is 0 Å². The number of fused-ring (bicyclic) bond motifs is 2. The highest BCUT2D eigenvalue weighted by molar-refractivity contribution is 7.15. The normalized spacial score (nSPS) is 14.2. The van der Waals surface area contributed by atoms with Crippen molar-refractivity contribution in [3.05, 3.63) is 46.6 Å². The van der Waals surface area contributed by atoms with Crippen molar-refractivity contribution in [1.82, 2.24) is 9.38 Å². The summed E-state index contributed by atoms with van der Waals surface area (Å²) in [7, 11) is 0. The summed E-state index contributed by atoms with van der Waals surface area (Å²) < 4.78 is 2.10. The van der Waals surface area contributed by atoms with Crippen molar-refractivity contribution >= 4 is 16.3 Å². The van der Waals surface area contributed by atoms with E-state index in [1.807, 2.05) is 0 Å². The van der Waals surface area contributed by atoms with Crippen LogP contribution in [0.15, 0.2) is 29.8 Å². The number of rotatable bonds is 2. The lowest BCUT2D eigenvalue weighted by Gasteiger charge is -2.01. The van der Waals surface area contributed by atoms with E-state index >= 15 is 0 Å². The first kappa shape index (κ1) is 11.2. The molecule has 2 N–H and O–H groups in total. The van der Waals surface area contributed by atoms with Gasteiger partial charge < -0.3 is 5.73 Å². The van der Waals surface area contributed by atoms with Crippen LogP contribution in [0.25, 0.3) is 16.2 Å². The fourth-order valence-electron chi connectivity index (χ4n) is 2.85. The Bertz CT molecular complexity index is 754. The Kier molecular flexibility index (Phi) is 2.47. The van der Waals surface area contributed by atoms with Crippen molar-refractivity contribution in [3.63, 3.8) is 0 Å². The molecule has 1 aliphatic carbocycles. The molecule has 3 nitrogen and oxygen atoms in total. The van der Waals surface area contributed by atoms with E-state index in [9.17, 15) is 0 Å². The lowest BCUT2D eigenvalue weighted by molar-refractivity contribution is 0.912. The molecule has 0 amide bonds. The zero-order valence-corrected chi connectivity index (χ0v) is 11.4. The van der Waals surface area contributed by atoms with E-state index in [1.54, 1.807) is 11.3 Å². The van der Waals surface area contributed by atoms with Gasteiger partial charge in [0.25, 0.3) is 0 Å². The molecule has 0 saturated carbocycles. The number of thiazole rings is 1. The molecular formula is C15H15N3S. The average Bonchev–Trinajstić information content (AvgIpc) is 3.12. The molecule has 2 heterocycles.